The monoisotopic (exact) mass is 446 g/mol. The fourth-order valence-corrected chi connectivity index (χ4v) is 6.22. The Bertz CT molecular complexity index is 1110. The highest BCUT2D eigenvalue weighted by Crippen LogP contribution is 2.51. The van der Waals surface area contributed by atoms with Gasteiger partial charge < -0.3 is 0 Å². The molecule has 0 fully saturated rings. The molecule has 29 heavy (non-hydrogen) atoms. The summed E-state index contributed by atoms with van der Waals surface area (Å²) in [4.78, 5) is 1.51. The van der Waals surface area contributed by atoms with Gasteiger partial charge >= 0.3 is 10.4 Å². The highest BCUT2D eigenvalue weighted by molar-refractivity contribution is 8.31. The predicted molar refractivity (Wildman–Crippen MR) is 124 cm³/mol. The van der Waals surface area contributed by atoms with Crippen molar-refractivity contribution in [3.63, 3.8) is 0 Å². The summed E-state index contributed by atoms with van der Waals surface area (Å²) < 4.78 is 33.0. The summed E-state index contributed by atoms with van der Waals surface area (Å²) in [5.74, 6) is 0. The van der Waals surface area contributed by atoms with E-state index in [1.807, 2.05) is 60.7 Å². The zero-order valence-corrected chi connectivity index (χ0v) is 18.8. The summed E-state index contributed by atoms with van der Waals surface area (Å²) in [6.45, 7) is 0. The third-order valence-electron chi connectivity index (χ3n) is 4.40. The molecule has 152 valence electrons. The quantitative estimate of drug-likeness (QED) is 0.361. The molecule has 4 nitrogen and oxygen atoms in total. The molecule has 0 radical (unpaired) electrons. The van der Waals surface area contributed by atoms with Crippen LogP contribution in [0, 0.1) is 0 Å². The van der Waals surface area contributed by atoms with Crippen LogP contribution in [0.3, 0.4) is 0 Å². The molecule has 0 saturated heterocycles. The molecule has 0 amide bonds. The maximum atomic E-state index is 11.7. The molecule has 3 aromatic carbocycles. The van der Waals surface area contributed by atoms with E-state index in [0.29, 0.717) is 0 Å². The van der Waals surface area contributed by atoms with Gasteiger partial charge in [-0.3, -0.25) is 4.18 Å². The van der Waals surface area contributed by atoms with Crippen LogP contribution in [0.25, 0.3) is 11.1 Å². The van der Waals surface area contributed by atoms with Crippen LogP contribution >= 0.6 is 22.5 Å². The molecule has 0 heterocycles. The first kappa shape index (κ1) is 21.7. The van der Waals surface area contributed by atoms with Crippen LogP contribution in [0.2, 0.25) is 0 Å². The zero-order valence-electron chi connectivity index (χ0n) is 16.4. The van der Waals surface area contributed by atoms with Gasteiger partial charge in [0.15, 0.2) is 0 Å². The minimum absolute atomic E-state index is 0.731. The standard InChI is InChI=1S/C22H22O4S3/c1-25-29(23,24)26-28(2,3)19-15-13-18(14-16-19)22(27)21-12-8-7-11-20(21)17-9-5-4-6-10-17/h4-16H,1-3H3. The lowest BCUT2D eigenvalue weighted by molar-refractivity contribution is 0.341. The van der Waals surface area contributed by atoms with Gasteiger partial charge in [-0.15, -0.1) is 0 Å². The predicted octanol–water partition coefficient (Wildman–Crippen LogP) is 5.37. The fraction of sp³-hybridized carbons (Fsp3) is 0.136. The Labute approximate surface area is 179 Å². The number of hydrogen-bond acceptors (Lipinski definition) is 5. The average Bonchev–Trinajstić information content (AvgIpc) is 2.73. The first-order valence-corrected chi connectivity index (χ1v) is 12.9. The van der Waals surface area contributed by atoms with Gasteiger partial charge in [0, 0.05) is 10.5 Å². The van der Waals surface area contributed by atoms with Gasteiger partial charge in [-0.1, -0.05) is 89.3 Å². The van der Waals surface area contributed by atoms with E-state index in [-0.39, 0.29) is 0 Å². The van der Waals surface area contributed by atoms with Crippen molar-refractivity contribution in [3.8, 4) is 11.1 Å². The van der Waals surface area contributed by atoms with E-state index in [1.165, 1.54) is 0 Å². The molecular weight excluding hydrogens is 424 g/mol. The van der Waals surface area contributed by atoms with E-state index in [2.05, 4.69) is 22.4 Å². The summed E-state index contributed by atoms with van der Waals surface area (Å²) in [6, 6.07) is 25.7. The minimum Gasteiger partial charge on any atom is -0.251 e. The molecule has 0 aliphatic heterocycles. The Morgan fingerprint density at radius 1 is 0.828 bits per heavy atom. The molecule has 0 bridgehead atoms. The number of hydrogen-bond donors (Lipinski definition) is 0. The van der Waals surface area contributed by atoms with Crippen LogP contribution in [-0.2, 0) is 18.2 Å². The van der Waals surface area contributed by atoms with Crippen LogP contribution in [-0.4, -0.2) is 32.9 Å². The highest BCUT2D eigenvalue weighted by Gasteiger charge is 2.24. The lowest BCUT2D eigenvalue weighted by Crippen LogP contribution is -2.12. The molecule has 0 unspecified atom stereocenters. The van der Waals surface area contributed by atoms with Crippen LogP contribution < -0.4 is 0 Å². The van der Waals surface area contributed by atoms with Crippen LogP contribution in [0.1, 0.15) is 11.1 Å². The smallest absolute Gasteiger partial charge is 0.251 e. The Hall–Kier alpha value is -2.03. The number of benzene rings is 3. The minimum atomic E-state index is -4.02. The Kier molecular flexibility index (Phi) is 6.55. The highest BCUT2D eigenvalue weighted by atomic mass is 32.3. The molecule has 3 aromatic rings. The van der Waals surface area contributed by atoms with Crippen LogP contribution in [0.5, 0.6) is 0 Å². The maximum absolute atomic E-state index is 11.7. The van der Waals surface area contributed by atoms with Gasteiger partial charge in [-0.2, -0.15) is 12.0 Å². The SMILES string of the molecule is COS(=O)(=O)OS(C)(C)c1ccc(C(=S)c2ccccc2-c2ccccc2)cc1. The largest absolute Gasteiger partial charge is 0.409 e. The third kappa shape index (κ3) is 5.12. The van der Waals surface area contributed by atoms with Gasteiger partial charge in [0.1, 0.15) is 0 Å². The topological polar surface area (TPSA) is 52.6 Å². The van der Waals surface area contributed by atoms with Gasteiger partial charge in [-0.05, 0) is 41.3 Å². The molecule has 0 spiro atoms. The van der Waals surface area contributed by atoms with Crippen LogP contribution in [0.15, 0.2) is 83.8 Å². The summed E-state index contributed by atoms with van der Waals surface area (Å²) >= 11 is 5.78. The lowest BCUT2D eigenvalue weighted by atomic mass is 9.95. The summed E-state index contributed by atoms with van der Waals surface area (Å²) in [7, 11) is -4.98. The molecule has 0 atom stereocenters. The lowest BCUT2D eigenvalue weighted by Gasteiger charge is -2.29. The van der Waals surface area contributed by atoms with E-state index in [4.69, 9.17) is 15.8 Å². The van der Waals surface area contributed by atoms with Gasteiger partial charge in [0.05, 0.1) is 12.0 Å². The van der Waals surface area contributed by atoms with E-state index in [9.17, 15) is 8.42 Å². The summed E-state index contributed by atoms with van der Waals surface area (Å²) in [6.07, 6.45) is 3.50. The van der Waals surface area contributed by atoms with Crippen molar-refractivity contribution < 1.29 is 16.2 Å². The molecule has 7 heteroatoms. The second-order valence-electron chi connectivity index (χ2n) is 6.64. The van der Waals surface area contributed by atoms with E-state index < -0.39 is 20.7 Å². The Morgan fingerprint density at radius 2 is 1.41 bits per heavy atom. The molecular formula is C22H22O4S3. The second kappa shape index (κ2) is 8.77. The first-order chi connectivity index (χ1) is 13.7. The number of thiocarbonyl (C=S) groups is 1. The Balaban J connectivity index is 1.91. The Morgan fingerprint density at radius 3 is 2.03 bits per heavy atom. The molecule has 0 aromatic heterocycles. The van der Waals surface area contributed by atoms with E-state index in [0.717, 1.165) is 39.1 Å². The second-order valence-corrected chi connectivity index (χ2v) is 11.7. The maximum Gasteiger partial charge on any atom is 0.409 e. The van der Waals surface area contributed by atoms with Crippen molar-refractivity contribution in [3.05, 3.63) is 90.0 Å². The molecule has 0 saturated carbocycles. The average molecular weight is 447 g/mol. The third-order valence-corrected chi connectivity index (χ3v) is 8.70. The van der Waals surface area contributed by atoms with E-state index >= 15 is 0 Å². The molecule has 0 aliphatic rings. The van der Waals surface area contributed by atoms with Crippen LogP contribution in [0.4, 0.5) is 0 Å². The fourth-order valence-electron chi connectivity index (χ4n) is 2.92. The van der Waals surface area contributed by atoms with E-state index in [1.54, 1.807) is 12.5 Å². The van der Waals surface area contributed by atoms with Crippen molar-refractivity contribution >= 4 is 37.8 Å². The number of rotatable bonds is 7. The summed E-state index contributed by atoms with van der Waals surface area (Å²) in [5, 5.41) is 0. The molecule has 0 aliphatic carbocycles. The van der Waals surface area contributed by atoms with Crippen molar-refractivity contribution in [2.24, 2.45) is 0 Å². The molecule has 0 N–H and O–H groups in total. The van der Waals surface area contributed by atoms with Gasteiger partial charge in [0.25, 0.3) is 0 Å². The van der Waals surface area contributed by atoms with Crippen molar-refractivity contribution in [1.82, 2.24) is 0 Å². The van der Waals surface area contributed by atoms with Crippen molar-refractivity contribution in [2.45, 2.75) is 4.90 Å². The van der Waals surface area contributed by atoms with Crippen molar-refractivity contribution in [2.75, 3.05) is 19.6 Å². The first-order valence-electron chi connectivity index (χ1n) is 8.78. The van der Waals surface area contributed by atoms with Gasteiger partial charge in [0.2, 0.25) is 0 Å². The zero-order chi connectivity index (χ0) is 21.1. The normalized spacial score (nSPS) is 12.5. The molecule has 3 rings (SSSR count). The van der Waals surface area contributed by atoms with Gasteiger partial charge in [-0.25, -0.2) is 0 Å². The summed E-state index contributed by atoms with van der Waals surface area (Å²) in [5.41, 5.74) is 4.04. The van der Waals surface area contributed by atoms with Crippen molar-refractivity contribution in [1.29, 1.82) is 0 Å².